The molecular weight excluding hydrogens is 276 g/mol. The van der Waals surface area contributed by atoms with Crippen LogP contribution >= 0.6 is 11.8 Å². The molecule has 1 saturated carbocycles. The zero-order chi connectivity index (χ0) is 14.9. The van der Waals surface area contributed by atoms with Crippen LogP contribution in [0, 0.1) is 10.8 Å². The Labute approximate surface area is 132 Å². The predicted molar refractivity (Wildman–Crippen MR) is 90.2 cm³/mol. The van der Waals surface area contributed by atoms with Gasteiger partial charge in [-0.05, 0) is 30.4 Å². The van der Waals surface area contributed by atoms with Crippen LogP contribution in [0.5, 0.6) is 0 Å². The SMILES string of the molecule is C=CCOC1=C(Sc2ccccc2)[C@@]2(C)CCC[C@@]2(C)C1. The van der Waals surface area contributed by atoms with Crippen molar-refractivity contribution in [3.05, 3.63) is 53.7 Å². The summed E-state index contributed by atoms with van der Waals surface area (Å²) >= 11 is 1.90. The Balaban J connectivity index is 1.95. The molecule has 1 aromatic rings. The molecule has 2 heteroatoms. The first-order chi connectivity index (χ1) is 10.1. The molecule has 21 heavy (non-hydrogen) atoms. The van der Waals surface area contributed by atoms with Crippen molar-refractivity contribution in [2.45, 2.75) is 44.4 Å². The van der Waals surface area contributed by atoms with Crippen molar-refractivity contribution in [3.63, 3.8) is 0 Å². The molecule has 0 radical (unpaired) electrons. The Hall–Kier alpha value is -1.15. The second kappa shape index (κ2) is 5.57. The Bertz CT molecular complexity index is 562. The van der Waals surface area contributed by atoms with E-state index >= 15 is 0 Å². The molecular formula is C19H24OS. The summed E-state index contributed by atoms with van der Waals surface area (Å²) in [4.78, 5) is 2.76. The monoisotopic (exact) mass is 300 g/mol. The van der Waals surface area contributed by atoms with Crippen LogP contribution in [0.2, 0.25) is 0 Å². The summed E-state index contributed by atoms with van der Waals surface area (Å²) in [5.41, 5.74) is 0.630. The second-order valence-corrected chi connectivity index (χ2v) is 7.77. The van der Waals surface area contributed by atoms with Crippen molar-refractivity contribution in [2.24, 2.45) is 10.8 Å². The smallest absolute Gasteiger partial charge is 0.107 e. The molecule has 0 bridgehead atoms. The highest BCUT2D eigenvalue weighted by atomic mass is 32.2. The topological polar surface area (TPSA) is 9.23 Å². The van der Waals surface area contributed by atoms with E-state index in [1.54, 1.807) is 0 Å². The van der Waals surface area contributed by atoms with E-state index in [0.29, 0.717) is 12.0 Å². The van der Waals surface area contributed by atoms with Gasteiger partial charge in [0.1, 0.15) is 12.4 Å². The number of fused-ring (bicyclic) bond motifs is 1. The summed E-state index contributed by atoms with van der Waals surface area (Å²) in [6.07, 6.45) is 6.84. The Kier molecular flexibility index (Phi) is 3.92. The highest BCUT2D eigenvalue weighted by Crippen LogP contribution is 2.67. The molecule has 2 aliphatic rings. The molecule has 2 atom stereocenters. The summed E-state index contributed by atoms with van der Waals surface area (Å²) in [5.74, 6) is 1.20. The van der Waals surface area contributed by atoms with Gasteiger partial charge in [-0.1, -0.05) is 62.9 Å². The van der Waals surface area contributed by atoms with E-state index in [2.05, 4.69) is 50.8 Å². The van der Waals surface area contributed by atoms with E-state index in [4.69, 9.17) is 4.74 Å². The average Bonchev–Trinajstić information content (AvgIpc) is 2.87. The zero-order valence-corrected chi connectivity index (χ0v) is 13.8. The van der Waals surface area contributed by atoms with Crippen molar-refractivity contribution >= 4 is 11.8 Å². The zero-order valence-electron chi connectivity index (χ0n) is 13.0. The van der Waals surface area contributed by atoms with Gasteiger partial charge in [-0.2, -0.15) is 0 Å². The van der Waals surface area contributed by atoms with Gasteiger partial charge in [0, 0.05) is 21.6 Å². The lowest BCUT2D eigenvalue weighted by atomic mass is 9.70. The first kappa shape index (κ1) is 14.8. The maximum atomic E-state index is 6.04. The first-order valence-electron chi connectivity index (χ1n) is 7.79. The summed E-state index contributed by atoms with van der Waals surface area (Å²) in [7, 11) is 0. The van der Waals surface area contributed by atoms with E-state index in [-0.39, 0.29) is 5.41 Å². The van der Waals surface area contributed by atoms with Crippen molar-refractivity contribution in [2.75, 3.05) is 6.61 Å². The summed E-state index contributed by atoms with van der Waals surface area (Å²) in [6.45, 7) is 9.27. The van der Waals surface area contributed by atoms with Gasteiger partial charge in [-0.15, -0.1) is 0 Å². The number of hydrogen-bond acceptors (Lipinski definition) is 2. The molecule has 0 aliphatic heterocycles. The number of thioether (sulfide) groups is 1. The standard InChI is InChI=1S/C19H24OS/c1-4-13-20-16-14-18(2)11-8-12-19(18,3)17(16)21-15-9-6-5-7-10-15/h4-7,9-10H,1,8,11-14H2,2-3H3/t18-,19+/m0/s1. The second-order valence-electron chi connectivity index (χ2n) is 6.69. The predicted octanol–water partition coefficient (Wildman–Crippen LogP) is 5.79. The molecule has 0 heterocycles. The lowest BCUT2D eigenvalue weighted by Crippen LogP contribution is -2.28. The van der Waals surface area contributed by atoms with Crippen LogP contribution in [-0.4, -0.2) is 6.61 Å². The van der Waals surface area contributed by atoms with Crippen molar-refractivity contribution in [1.29, 1.82) is 0 Å². The van der Waals surface area contributed by atoms with Crippen LogP contribution in [0.15, 0.2) is 58.5 Å². The van der Waals surface area contributed by atoms with Crippen LogP contribution in [-0.2, 0) is 4.74 Å². The summed E-state index contributed by atoms with van der Waals surface area (Å²) < 4.78 is 6.04. The largest absolute Gasteiger partial charge is 0.493 e. The van der Waals surface area contributed by atoms with Gasteiger partial charge in [0.05, 0.1) is 0 Å². The van der Waals surface area contributed by atoms with Crippen LogP contribution < -0.4 is 0 Å². The van der Waals surface area contributed by atoms with Crippen LogP contribution in [0.1, 0.15) is 39.5 Å². The third-order valence-corrected chi connectivity index (χ3v) is 6.77. The maximum absolute atomic E-state index is 6.04. The minimum absolute atomic E-state index is 0.268. The molecule has 1 aromatic carbocycles. The normalized spacial score (nSPS) is 31.3. The van der Waals surface area contributed by atoms with E-state index in [0.717, 1.165) is 6.42 Å². The molecule has 0 N–H and O–H groups in total. The van der Waals surface area contributed by atoms with Crippen LogP contribution in [0.4, 0.5) is 0 Å². The van der Waals surface area contributed by atoms with Crippen LogP contribution in [0.3, 0.4) is 0 Å². The average molecular weight is 300 g/mol. The van der Waals surface area contributed by atoms with E-state index in [1.165, 1.54) is 34.8 Å². The number of benzene rings is 1. The van der Waals surface area contributed by atoms with E-state index in [9.17, 15) is 0 Å². The number of ether oxygens (including phenoxy) is 1. The Morgan fingerprint density at radius 1 is 1.24 bits per heavy atom. The number of allylic oxidation sites excluding steroid dienone is 2. The van der Waals surface area contributed by atoms with Gasteiger partial charge in [0.15, 0.2) is 0 Å². The van der Waals surface area contributed by atoms with Crippen molar-refractivity contribution in [3.8, 4) is 0 Å². The highest BCUT2D eigenvalue weighted by molar-refractivity contribution is 8.03. The third kappa shape index (κ3) is 2.44. The van der Waals surface area contributed by atoms with Crippen molar-refractivity contribution < 1.29 is 4.74 Å². The maximum Gasteiger partial charge on any atom is 0.107 e. The highest BCUT2D eigenvalue weighted by Gasteiger charge is 2.56. The fourth-order valence-corrected chi connectivity index (χ4v) is 5.22. The van der Waals surface area contributed by atoms with Gasteiger partial charge < -0.3 is 4.74 Å². The fourth-order valence-electron chi connectivity index (χ4n) is 3.88. The quantitative estimate of drug-likeness (QED) is 0.636. The van der Waals surface area contributed by atoms with Gasteiger partial charge in [-0.3, -0.25) is 0 Å². The fraction of sp³-hybridized carbons (Fsp3) is 0.474. The van der Waals surface area contributed by atoms with Crippen molar-refractivity contribution in [1.82, 2.24) is 0 Å². The molecule has 0 unspecified atom stereocenters. The minimum Gasteiger partial charge on any atom is -0.493 e. The van der Waals surface area contributed by atoms with E-state index < -0.39 is 0 Å². The minimum atomic E-state index is 0.268. The third-order valence-electron chi connectivity index (χ3n) is 5.38. The first-order valence-corrected chi connectivity index (χ1v) is 8.61. The lowest BCUT2D eigenvalue weighted by molar-refractivity contribution is 0.164. The van der Waals surface area contributed by atoms with Gasteiger partial charge in [-0.25, -0.2) is 0 Å². The molecule has 1 nitrogen and oxygen atoms in total. The number of hydrogen-bond donors (Lipinski definition) is 0. The molecule has 0 saturated heterocycles. The summed E-state index contributed by atoms with van der Waals surface area (Å²) in [5, 5.41) is 0. The molecule has 0 aromatic heterocycles. The molecule has 0 amide bonds. The van der Waals surface area contributed by atoms with E-state index in [1.807, 2.05) is 17.8 Å². The van der Waals surface area contributed by atoms with Crippen LogP contribution in [0.25, 0.3) is 0 Å². The Morgan fingerprint density at radius 2 is 2.00 bits per heavy atom. The molecule has 2 aliphatic carbocycles. The Morgan fingerprint density at radius 3 is 2.71 bits per heavy atom. The van der Waals surface area contributed by atoms with Gasteiger partial charge in [0.25, 0.3) is 0 Å². The molecule has 1 fully saturated rings. The molecule has 112 valence electrons. The van der Waals surface area contributed by atoms with Gasteiger partial charge in [0.2, 0.25) is 0 Å². The molecule has 3 rings (SSSR count). The lowest BCUT2D eigenvalue weighted by Gasteiger charge is -2.36. The summed E-state index contributed by atoms with van der Waals surface area (Å²) in [6, 6.07) is 10.7. The number of rotatable bonds is 5. The molecule has 0 spiro atoms. The van der Waals surface area contributed by atoms with Gasteiger partial charge >= 0.3 is 0 Å².